The van der Waals surface area contributed by atoms with Gasteiger partial charge in [0, 0.05) is 10.0 Å². The van der Waals surface area contributed by atoms with Crippen molar-refractivity contribution in [3.63, 3.8) is 0 Å². The summed E-state index contributed by atoms with van der Waals surface area (Å²) in [5, 5.41) is 9.27. The molecular formula is C12H12BrNO. The number of hydrogen-bond donors (Lipinski definition) is 0. The van der Waals surface area contributed by atoms with Gasteiger partial charge in [-0.3, -0.25) is 0 Å². The first-order valence-electron chi connectivity index (χ1n) is 5.00. The van der Waals surface area contributed by atoms with Gasteiger partial charge in [0.15, 0.2) is 0 Å². The average molecular weight is 266 g/mol. The van der Waals surface area contributed by atoms with Gasteiger partial charge in [-0.25, -0.2) is 0 Å². The number of hydrogen-bond acceptors (Lipinski definition) is 2. The number of rotatable bonds is 0. The van der Waals surface area contributed by atoms with Gasteiger partial charge in [-0.2, -0.15) is 5.26 Å². The van der Waals surface area contributed by atoms with Gasteiger partial charge in [0.25, 0.3) is 0 Å². The molecule has 1 aromatic rings. The summed E-state index contributed by atoms with van der Waals surface area (Å²) in [5.41, 5.74) is 0.595. The van der Waals surface area contributed by atoms with Crippen molar-refractivity contribution in [3.8, 4) is 11.8 Å². The number of fused-ring (bicyclic) bond motifs is 1. The molecule has 78 valence electrons. The van der Waals surface area contributed by atoms with E-state index in [0.717, 1.165) is 28.6 Å². The zero-order valence-corrected chi connectivity index (χ0v) is 10.2. The van der Waals surface area contributed by atoms with Gasteiger partial charge in [0.2, 0.25) is 0 Å². The SMILES string of the molecule is CC1(C#N)CCCOc2cc(Br)ccc21. The van der Waals surface area contributed by atoms with Crippen LogP contribution in [0.3, 0.4) is 0 Å². The van der Waals surface area contributed by atoms with E-state index in [9.17, 15) is 5.26 Å². The van der Waals surface area contributed by atoms with E-state index in [1.807, 2.05) is 25.1 Å². The summed E-state index contributed by atoms with van der Waals surface area (Å²) in [6.45, 7) is 2.68. The van der Waals surface area contributed by atoms with E-state index >= 15 is 0 Å². The third-order valence-electron chi connectivity index (χ3n) is 2.86. The molecular weight excluding hydrogens is 254 g/mol. The Morgan fingerprint density at radius 2 is 2.33 bits per heavy atom. The van der Waals surface area contributed by atoms with Crippen LogP contribution in [-0.2, 0) is 5.41 Å². The van der Waals surface area contributed by atoms with Crippen molar-refractivity contribution >= 4 is 15.9 Å². The lowest BCUT2D eigenvalue weighted by atomic mass is 9.80. The lowest BCUT2D eigenvalue weighted by molar-refractivity contribution is 0.315. The fourth-order valence-electron chi connectivity index (χ4n) is 1.93. The number of ether oxygens (including phenoxy) is 1. The minimum atomic E-state index is -0.410. The Hall–Kier alpha value is -1.01. The molecule has 1 aromatic carbocycles. The molecule has 0 bridgehead atoms. The van der Waals surface area contributed by atoms with Crippen molar-refractivity contribution in [1.29, 1.82) is 5.26 Å². The third kappa shape index (κ3) is 1.87. The highest BCUT2D eigenvalue weighted by molar-refractivity contribution is 9.10. The highest BCUT2D eigenvalue weighted by Gasteiger charge is 2.31. The summed E-state index contributed by atoms with van der Waals surface area (Å²) >= 11 is 3.41. The summed E-state index contributed by atoms with van der Waals surface area (Å²) in [5.74, 6) is 0.839. The van der Waals surface area contributed by atoms with Gasteiger partial charge in [0.05, 0.1) is 18.1 Å². The van der Waals surface area contributed by atoms with E-state index in [2.05, 4.69) is 22.0 Å². The molecule has 0 fully saturated rings. The van der Waals surface area contributed by atoms with Crippen LogP contribution in [0.15, 0.2) is 22.7 Å². The Morgan fingerprint density at radius 1 is 1.53 bits per heavy atom. The van der Waals surface area contributed by atoms with Gasteiger partial charge < -0.3 is 4.74 Å². The van der Waals surface area contributed by atoms with Crippen LogP contribution in [0.25, 0.3) is 0 Å². The monoisotopic (exact) mass is 265 g/mol. The minimum absolute atomic E-state index is 0.410. The predicted molar refractivity (Wildman–Crippen MR) is 61.8 cm³/mol. The van der Waals surface area contributed by atoms with Gasteiger partial charge in [-0.1, -0.05) is 22.0 Å². The minimum Gasteiger partial charge on any atom is -0.493 e. The molecule has 1 heterocycles. The summed E-state index contributed by atoms with van der Waals surface area (Å²) in [6.07, 6.45) is 1.79. The number of nitriles is 1. The average Bonchev–Trinajstić information content (AvgIpc) is 2.39. The summed E-state index contributed by atoms with van der Waals surface area (Å²) in [6, 6.07) is 8.28. The molecule has 2 nitrogen and oxygen atoms in total. The second-order valence-electron chi connectivity index (χ2n) is 4.04. The molecule has 1 unspecified atom stereocenters. The van der Waals surface area contributed by atoms with Crippen LogP contribution in [0, 0.1) is 11.3 Å². The third-order valence-corrected chi connectivity index (χ3v) is 3.36. The lowest BCUT2D eigenvalue weighted by Crippen LogP contribution is -2.18. The van der Waals surface area contributed by atoms with Gasteiger partial charge >= 0.3 is 0 Å². The molecule has 0 saturated heterocycles. The standard InChI is InChI=1S/C12H12BrNO/c1-12(8-14)5-2-6-15-11-7-9(13)3-4-10(11)12/h3-4,7H,2,5-6H2,1H3. The fourth-order valence-corrected chi connectivity index (χ4v) is 2.27. The van der Waals surface area contributed by atoms with Gasteiger partial charge in [-0.05, 0) is 31.9 Å². The van der Waals surface area contributed by atoms with Crippen LogP contribution in [-0.4, -0.2) is 6.61 Å². The van der Waals surface area contributed by atoms with Crippen LogP contribution >= 0.6 is 15.9 Å². The second-order valence-corrected chi connectivity index (χ2v) is 4.95. The molecule has 1 aliphatic heterocycles. The zero-order valence-electron chi connectivity index (χ0n) is 8.59. The lowest BCUT2D eigenvalue weighted by Gasteiger charge is -2.20. The summed E-state index contributed by atoms with van der Waals surface area (Å²) in [7, 11) is 0. The first kappa shape index (κ1) is 10.5. The molecule has 0 N–H and O–H groups in total. The van der Waals surface area contributed by atoms with Crippen molar-refractivity contribution < 1.29 is 4.74 Å². The predicted octanol–water partition coefficient (Wildman–Crippen LogP) is 3.40. The van der Waals surface area contributed by atoms with Gasteiger partial charge in [0.1, 0.15) is 5.75 Å². The Morgan fingerprint density at radius 3 is 3.07 bits per heavy atom. The van der Waals surface area contributed by atoms with Crippen LogP contribution in [0.1, 0.15) is 25.3 Å². The molecule has 0 aliphatic carbocycles. The maximum Gasteiger partial charge on any atom is 0.125 e. The molecule has 1 aliphatic rings. The topological polar surface area (TPSA) is 33.0 Å². The molecule has 0 saturated carbocycles. The van der Waals surface area contributed by atoms with Gasteiger partial charge in [-0.15, -0.1) is 0 Å². The van der Waals surface area contributed by atoms with E-state index in [1.165, 1.54) is 0 Å². The molecule has 0 radical (unpaired) electrons. The maximum absolute atomic E-state index is 9.27. The Kier molecular flexibility index (Phi) is 2.70. The first-order chi connectivity index (χ1) is 7.15. The van der Waals surface area contributed by atoms with Crippen molar-refractivity contribution in [2.45, 2.75) is 25.2 Å². The first-order valence-corrected chi connectivity index (χ1v) is 5.79. The molecule has 0 spiro atoms. The molecule has 2 rings (SSSR count). The number of halogens is 1. The molecule has 0 amide bonds. The van der Waals surface area contributed by atoms with E-state index in [-0.39, 0.29) is 0 Å². The van der Waals surface area contributed by atoms with Crippen LogP contribution in [0.5, 0.6) is 5.75 Å². The highest BCUT2D eigenvalue weighted by atomic mass is 79.9. The molecule has 0 aromatic heterocycles. The normalized spacial score (nSPS) is 24.6. The smallest absolute Gasteiger partial charge is 0.125 e. The Labute approximate surface area is 98.0 Å². The fraction of sp³-hybridized carbons (Fsp3) is 0.417. The van der Waals surface area contributed by atoms with E-state index in [0.29, 0.717) is 6.61 Å². The van der Waals surface area contributed by atoms with E-state index < -0.39 is 5.41 Å². The molecule has 3 heteroatoms. The maximum atomic E-state index is 9.27. The quantitative estimate of drug-likeness (QED) is 0.721. The van der Waals surface area contributed by atoms with Crippen LogP contribution in [0.4, 0.5) is 0 Å². The Balaban J connectivity index is 2.56. The largest absolute Gasteiger partial charge is 0.493 e. The highest BCUT2D eigenvalue weighted by Crippen LogP contribution is 2.38. The zero-order chi connectivity index (χ0) is 10.9. The Bertz CT molecular complexity index is 424. The number of nitrogens with zero attached hydrogens (tertiary/aromatic N) is 1. The molecule has 15 heavy (non-hydrogen) atoms. The van der Waals surface area contributed by atoms with Crippen LogP contribution < -0.4 is 4.74 Å². The van der Waals surface area contributed by atoms with Crippen molar-refractivity contribution in [3.05, 3.63) is 28.2 Å². The van der Waals surface area contributed by atoms with Crippen molar-refractivity contribution in [1.82, 2.24) is 0 Å². The van der Waals surface area contributed by atoms with Crippen molar-refractivity contribution in [2.75, 3.05) is 6.61 Å². The van der Waals surface area contributed by atoms with Crippen LogP contribution in [0.2, 0.25) is 0 Å². The summed E-state index contributed by atoms with van der Waals surface area (Å²) in [4.78, 5) is 0. The second kappa shape index (κ2) is 3.86. The number of benzene rings is 1. The summed E-state index contributed by atoms with van der Waals surface area (Å²) < 4.78 is 6.63. The van der Waals surface area contributed by atoms with Crippen molar-refractivity contribution in [2.24, 2.45) is 0 Å². The van der Waals surface area contributed by atoms with E-state index in [1.54, 1.807) is 0 Å². The van der Waals surface area contributed by atoms with E-state index in [4.69, 9.17) is 4.74 Å². The molecule has 1 atom stereocenters.